The molecule has 0 aliphatic heterocycles. The molecule has 1 amide bonds. The Hall–Kier alpha value is -1.87. The van der Waals surface area contributed by atoms with Crippen molar-refractivity contribution in [1.29, 1.82) is 0 Å². The maximum absolute atomic E-state index is 12.4. The quantitative estimate of drug-likeness (QED) is 0.382. The first-order valence-corrected chi connectivity index (χ1v) is 15.0. The Morgan fingerprint density at radius 2 is 1.89 bits per heavy atom. The molecule has 0 aromatic rings. The van der Waals surface area contributed by atoms with Crippen molar-refractivity contribution in [2.45, 2.75) is 90.2 Å². The highest BCUT2D eigenvalue weighted by molar-refractivity contribution is 7.98. The number of nitrogens with one attached hydrogen (secondary N) is 1. The van der Waals surface area contributed by atoms with Crippen molar-refractivity contribution in [2.24, 2.45) is 33.7 Å². The lowest BCUT2D eigenvalue weighted by Crippen LogP contribution is -2.57. The van der Waals surface area contributed by atoms with E-state index in [2.05, 4.69) is 30.4 Å². The van der Waals surface area contributed by atoms with Gasteiger partial charge in [0.15, 0.2) is 12.4 Å². The first-order valence-electron chi connectivity index (χ1n) is 13.6. The van der Waals surface area contributed by atoms with Gasteiger partial charge in [0, 0.05) is 5.41 Å². The summed E-state index contributed by atoms with van der Waals surface area (Å²) in [6.45, 7) is 5.76. The van der Waals surface area contributed by atoms with Crippen LogP contribution in [0.1, 0.15) is 78.6 Å². The van der Waals surface area contributed by atoms with Gasteiger partial charge in [-0.25, -0.2) is 4.79 Å². The molecule has 4 unspecified atom stereocenters. The molecule has 4 aliphatic carbocycles. The third-order valence-corrected chi connectivity index (χ3v) is 11.0. The topological polar surface area (TPSA) is 125 Å². The van der Waals surface area contributed by atoms with Crippen molar-refractivity contribution in [3.63, 3.8) is 0 Å². The van der Waals surface area contributed by atoms with Crippen LogP contribution in [0.3, 0.4) is 0 Å². The number of rotatable bonds is 9. The van der Waals surface area contributed by atoms with Crippen molar-refractivity contribution in [3.8, 4) is 0 Å². The Balaban J connectivity index is 1.39. The number of hydrogen-bond donors (Lipinski definition) is 3. The highest BCUT2D eigenvalue weighted by Gasteiger charge is 2.65. The second kappa shape index (κ2) is 10.7. The van der Waals surface area contributed by atoms with Crippen LogP contribution in [0, 0.1) is 28.6 Å². The molecule has 8 nitrogen and oxygen atoms in total. The number of aliphatic carboxylic acids is 1. The minimum absolute atomic E-state index is 0.0730. The first kappa shape index (κ1) is 28.1. The lowest BCUT2D eigenvalue weighted by atomic mass is 9.46. The van der Waals surface area contributed by atoms with Crippen LogP contribution in [0.5, 0.6) is 0 Å². The van der Waals surface area contributed by atoms with Crippen LogP contribution in [0.15, 0.2) is 16.8 Å². The van der Waals surface area contributed by atoms with Gasteiger partial charge in [0.1, 0.15) is 11.6 Å². The molecule has 3 fully saturated rings. The summed E-state index contributed by atoms with van der Waals surface area (Å²) in [5.74, 6) is 0.450. The number of allylic oxidation sites excluding steroid dienone is 2. The van der Waals surface area contributed by atoms with Crippen molar-refractivity contribution in [1.82, 2.24) is 5.32 Å². The van der Waals surface area contributed by atoms with Gasteiger partial charge in [0.25, 0.3) is 5.91 Å². The molecule has 0 heterocycles. The highest BCUT2D eigenvalue weighted by atomic mass is 32.2. The largest absolute Gasteiger partial charge is 0.480 e. The van der Waals surface area contributed by atoms with E-state index in [1.54, 1.807) is 6.92 Å². The molecule has 0 aromatic carbocycles. The zero-order chi connectivity index (χ0) is 27.0. The lowest BCUT2D eigenvalue weighted by molar-refractivity contribution is -0.159. The van der Waals surface area contributed by atoms with Crippen LogP contribution in [-0.2, 0) is 19.2 Å². The molecule has 0 radical (unpaired) electrons. The maximum atomic E-state index is 12.4. The Labute approximate surface area is 224 Å². The van der Waals surface area contributed by atoms with E-state index in [1.807, 2.05) is 6.26 Å². The van der Waals surface area contributed by atoms with E-state index in [9.17, 15) is 24.6 Å². The van der Waals surface area contributed by atoms with Gasteiger partial charge in [0.2, 0.25) is 0 Å². The number of amides is 1. The van der Waals surface area contributed by atoms with Crippen LogP contribution < -0.4 is 5.32 Å². The van der Waals surface area contributed by atoms with E-state index in [0.717, 1.165) is 50.7 Å². The average molecular weight is 535 g/mol. The summed E-state index contributed by atoms with van der Waals surface area (Å²) in [7, 11) is 0. The summed E-state index contributed by atoms with van der Waals surface area (Å²) in [4.78, 5) is 41.3. The lowest BCUT2D eigenvalue weighted by Gasteiger charge is -2.59. The van der Waals surface area contributed by atoms with E-state index in [4.69, 9.17) is 4.84 Å². The molecule has 3 saturated carbocycles. The second-order valence-electron chi connectivity index (χ2n) is 12.0. The van der Waals surface area contributed by atoms with Gasteiger partial charge in [-0.2, -0.15) is 11.8 Å². The normalized spacial score (nSPS) is 38.6. The highest BCUT2D eigenvalue weighted by Crippen LogP contribution is 2.67. The number of carbonyl (C=O) groups is 3. The summed E-state index contributed by atoms with van der Waals surface area (Å²) in [5, 5.41) is 27.3. The Morgan fingerprint density at radius 3 is 2.57 bits per heavy atom. The maximum Gasteiger partial charge on any atom is 0.326 e. The smallest absolute Gasteiger partial charge is 0.326 e. The number of nitrogens with zero attached hydrogens (tertiary/aromatic N) is 1. The third-order valence-electron chi connectivity index (χ3n) is 10.3. The molecule has 4 aliphatic rings. The van der Waals surface area contributed by atoms with E-state index >= 15 is 0 Å². The van der Waals surface area contributed by atoms with Crippen molar-refractivity contribution in [2.75, 3.05) is 18.6 Å². The minimum atomic E-state index is -1.19. The summed E-state index contributed by atoms with van der Waals surface area (Å²) < 4.78 is 0. The van der Waals surface area contributed by atoms with Gasteiger partial charge < -0.3 is 20.4 Å². The fourth-order valence-electron chi connectivity index (χ4n) is 8.14. The summed E-state index contributed by atoms with van der Waals surface area (Å²) >= 11 is 1.53. The van der Waals surface area contributed by atoms with Gasteiger partial charge >= 0.3 is 5.97 Å². The van der Waals surface area contributed by atoms with E-state index < -0.39 is 23.5 Å². The summed E-state index contributed by atoms with van der Waals surface area (Å²) in [6, 6.07) is -0.924. The van der Waals surface area contributed by atoms with Crippen LogP contribution in [0.4, 0.5) is 0 Å². The van der Waals surface area contributed by atoms with Crippen LogP contribution in [0.25, 0.3) is 0 Å². The molecule has 0 spiro atoms. The summed E-state index contributed by atoms with van der Waals surface area (Å²) in [6.07, 6.45) is 11.6. The van der Waals surface area contributed by atoms with Gasteiger partial charge in [-0.15, -0.1) is 0 Å². The number of thioether (sulfide) groups is 1. The fourth-order valence-corrected chi connectivity index (χ4v) is 8.61. The minimum Gasteiger partial charge on any atom is -0.480 e. The zero-order valence-corrected chi connectivity index (χ0v) is 23.4. The zero-order valence-electron chi connectivity index (χ0n) is 22.5. The molecule has 3 N–H and O–H groups in total. The molecule has 7 atom stereocenters. The number of aliphatic hydroxyl groups is 1. The second-order valence-corrected chi connectivity index (χ2v) is 13.0. The number of oxime groups is 1. The van der Waals surface area contributed by atoms with Gasteiger partial charge in [-0.1, -0.05) is 24.6 Å². The van der Waals surface area contributed by atoms with E-state index in [-0.39, 0.29) is 23.2 Å². The predicted molar refractivity (Wildman–Crippen MR) is 143 cm³/mol. The molecule has 4 rings (SSSR count). The molecule has 0 saturated heterocycles. The number of ketones is 1. The first-order chi connectivity index (χ1) is 17.5. The molecular weight excluding hydrogens is 492 g/mol. The predicted octanol–water partition coefficient (Wildman–Crippen LogP) is 3.96. The number of carboxylic acid groups (broad SMARTS) is 1. The van der Waals surface area contributed by atoms with Crippen molar-refractivity contribution < 1.29 is 29.4 Å². The summed E-state index contributed by atoms with van der Waals surface area (Å²) in [5.41, 5.74) is 0.766. The molecule has 37 heavy (non-hydrogen) atoms. The standard InChI is InChI=1S/C28H42N2O6S/c1-17(31)28(35)13-9-22-20-6-5-18-15-19(7-11-26(18,2)21(20)8-12-27(22,28)3)30-36-16-24(32)29-23(25(33)34)10-14-37-4/h15,20-23,35H,5-14,16H2,1-4H3,(H,29,32)(H,33,34)/t20?,21?,22?,23?,26-,27-,28-/m0/s1. The van der Waals surface area contributed by atoms with Crippen LogP contribution >= 0.6 is 11.8 Å². The Kier molecular flexibility index (Phi) is 8.15. The Bertz CT molecular complexity index is 997. The number of fused-ring (bicyclic) bond motifs is 5. The van der Waals surface area contributed by atoms with Gasteiger partial charge in [-0.05, 0) is 106 Å². The number of hydrogen-bond acceptors (Lipinski definition) is 7. The SMILES string of the molecule is CSCCC(NC(=O)CON=C1C=C2CCC3C(CC[C@@]4(C)C3CC[C@]4(O)C(C)=O)[C@@]2(C)CC1)C(=O)O. The van der Waals surface area contributed by atoms with E-state index in [1.165, 1.54) is 17.3 Å². The Morgan fingerprint density at radius 1 is 1.16 bits per heavy atom. The molecule has 0 aromatic heterocycles. The molecular formula is C28H42N2O6S. The van der Waals surface area contributed by atoms with Crippen molar-refractivity contribution in [3.05, 3.63) is 11.6 Å². The molecule has 9 heteroatoms. The fraction of sp³-hybridized carbons (Fsp3) is 0.786. The monoisotopic (exact) mass is 534 g/mol. The average Bonchev–Trinajstić information content (AvgIpc) is 3.13. The van der Waals surface area contributed by atoms with Crippen LogP contribution in [0.2, 0.25) is 0 Å². The van der Waals surface area contributed by atoms with Crippen LogP contribution in [-0.4, -0.2) is 63.8 Å². The van der Waals surface area contributed by atoms with Gasteiger partial charge in [0.05, 0.1) is 5.71 Å². The third kappa shape index (κ3) is 4.98. The number of carboxylic acids is 1. The molecule has 206 valence electrons. The molecule has 0 bridgehead atoms. The number of carbonyl (C=O) groups excluding carboxylic acids is 2. The van der Waals surface area contributed by atoms with E-state index in [0.29, 0.717) is 36.3 Å². The van der Waals surface area contributed by atoms with Gasteiger partial charge in [-0.3, -0.25) is 9.59 Å². The number of Topliss-reactive ketones (excluding diaryl/α,β-unsaturated/α-hetero) is 1. The van der Waals surface area contributed by atoms with Crippen molar-refractivity contribution >= 4 is 35.1 Å².